The van der Waals surface area contributed by atoms with Crippen LogP contribution in [-0.2, 0) is 0 Å². The van der Waals surface area contributed by atoms with Crippen LogP contribution < -0.4 is 11.2 Å². The molecule has 0 saturated carbocycles. The van der Waals surface area contributed by atoms with E-state index in [1.165, 1.54) is 0 Å². The van der Waals surface area contributed by atoms with Crippen LogP contribution >= 0.6 is 0 Å². The van der Waals surface area contributed by atoms with Gasteiger partial charge in [0.15, 0.2) is 0 Å². The molecule has 0 aromatic heterocycles. The molecule has 1 aliphatic carbocycles. The molecule has 6 nitrogen and oxygen atoms in total. The van der Waals surface area contributed by atoms with Crippen molar-refractivity contribution in [3.8, 4) is 0 Å². The lowest BCUT2D eigenvalue weighted by Gasteiger charge is -2.26. The van der Waals surface area contributed by atoms with Crippen LogP contribution in [0.25, 0.3) is 0 Å². The van der Waals surface area contributed by atoms with Crippen molar-refractivity contribution < 1.29 is 5.21 Å². The van der Waals surface area contributed by atoms with Gasteiger partial charge >= 0.3 is 0 Å². The molecular weight excluding hydrogens is 196 g/mol. The number of hydrogen-bond donors (Lipinski definition) is 3. The van der Waals surface area contributed by atoms with Crippen LogP contribution in [-0.4, -0.2) is 28.9 Å². The van der Waals surface area contributed by atoms with E-state index in [1.54, 1.807) is 6.08 Å². The number of hydrazone groups is 1. The summed E-state index contributed by atoms with van der Waals surface area (Å²) in [4.78, 5) is 0. The third kappa shape index (κ3) is 1.87. The molecule has 0 spiro atoms. The maximum Gasteiger partial charge on any atom is 0.148 e. The van der Waals surface area contributed by atoms with Crippen molar-refractivity contribution in [3.63, 3.8) is 0 Å². The lowest BCUT2D eigenvalue weighted by Crippen LogP contribution is -2.33. The molecule has 15 heavy (non-hydrogen) atoms. The number of hydrogen-bond acceptors (Lipinski definition) is 6. The molecule has 2 unspecified atom stereocenters. The number of fused-ring (bicyclic) bond motifs is 1. The van der Waals surface area contributed by atoms with E-state index in [0.717, 1.165) is 11.1 Å². The average molecular weight is 209 g/mol. The van der Waals surface area contributed by atoms with Crippen LogP contribution in [0.5, 0.6) is 0 Å². The normalized spacial score (nSPS) is 29.2. The lowest BCUT2D eigenvalue weighted by atomic mass is 9.87. The van der Waals surface area contributed by atoms with Crippen LogP contribution in [0.15, 0.2) is 28.4 Å². The van der Waals surface area contributed by atoms with E-state index in [2.05, 4.69) is 10.5 Å². The molecule has 0 bridgehead atoms. The van der Waals surface area contributed by atoms with Crippen molar-refractivity contribution >= 4 is 5.84 Å². The minimum atomic E-state index is -0.0916. The Kier molecular flexibility index (Phi) is 2.47. The maximum absolute atomic E-state index is 10.5. The molecule has 0 aromatic rings. The highest BCUT2D eigenvalue weighted by molar-refractivity contribution is 6.00. The summed E-state index contributed by atoms with van der Waals surface area (Å²) in [5.41, 5.74) is 10.3. The zero-order valence-corrected chi connectivity index (χ0v) is 8.34. The second-order valence-electron chi connectivity index (χ2n) is 3.81. The van der Waals surface area contributed by atoms with Gasteiger partial charge in [0.25, 0.3) is 0 Å². The largest absolute Gasteiger partial charge is 0.762 e. The number of rotatable bonds is 2. The van der Waals surface area contributed by atoms with Crippen molar-refractivity contribution in [3.05, 3.63) is 28.5 Å². The van der Waals surface area contributed by atoms with Gasteiger partial charge in [-0.2, -0.15) is 5.10 Å². The van der Waals surface area contributed by atoms with E-state index < -0.39 is 0 Å². The number of nitrogens with two attached hydrogens (primary N) is 1. The molecule has 4 N–H and O–H groups in total. The van der Waals surface area contributed by atoms with Crippen LogP contribution in [0.1, 0.15) is 6.92 Å². The van der Waals surface area contributed by atoms with Crippen molar-refractivity contribution in [2.75, 3.05) is 6.54 Å². The van der Waals surface area contributed by atoms with E-state index in [-0.39, 0.29) is 23.7 Å². The molecular formula is C9H13N4O2-. The molecule has 1 heterocycles. The smallest absolute Gasteiger partial charge is 0.148 e. The van der Waals surface area contributed by atoms with Gasteiger partial charge in [-0.15, -0.1) is 0 Å². The third-order valence-corrected chi connectivity index (χ3v) is 2.62. The first-order valence-electron chi connectivity index (χ1n) is 4.73. The van der Waals surface area contributed by atoms with Crippen LogP contribution in [0.2, 0.25) is 0 Å². The Balaban J connectivity index is 2.22. The number of hydroxylamine groups is 2. The first kappa shape index (κ1) is 10.2. The Hall–Kier alpha value is -1.37. The molecule has 2 atom stereocenters. The Morgan fingerprint density at radius 3 is 3.13 bits per heavy atom. The van der Waals surface area contributed by atoms with Crippen molar-refractivity contribution in [2.45, 2.75) is 13.0 Å². The monoisotopic (exact) mass is 209 g/mol. The van der Waals surface area contributed by atoms with Crippen molar-refractivity contribution in [2.24, 2.45) is 16.8 Å². The predicted octanol–water partition coefficient (Wildman–Crippen LogP) is -0.0781. The van der Waals surface area contributed by atoms with E-state index in [9.17, 15) is 5.21 Å². The van der Waals surface area contributed by atoms with Gasteiger partial charge in [0.05, 0.1) is 6.04 Å². The molecule has 6 heteroatoms. The SMILES string of the molecule is CC1C=C(CN([O-])O)C=C2C(N)=NNC21. The summed E-state index contributed by atoms with van der Waals surface area (Å²) >= 11 is 0. The minimum Gasteiger partial charge on any atom is -0.762 e. The molecule has 1 aliphatic heterocycles. The predicted molar refractivity (Wildman–Crippen MR) is 55.7 cm³/mol. The van der Waals surface area contributed by atoms with Gasteiger partial charge in [0.2, 0.25) is 0 Å². The fraction of sp³-hybridized carbons (Fsp3) is 0.444. The van der Waals surface area contributed by atoms with E-state index in [4.69, 9.17) is 10.9 Å². The van der Waals surface area contributed by atoms with Crippen LogP contribution in [0.4, 0.5) is 0 Å². The minimum absolute atomic E-state index is 0.0478. The highest BCUT2D eigenvalue weighted by Gasteiger charge is 2.30. The summed E-state index contributed by atoms with van der Waals surface area (Å²) in [6.45, 7) is 1.96. The summed E-state index contributed by atoms with van der Waals surface area (Å²) in [6, 6.07) is 0.0903. The summed E-state index contributed by atoms with van der Waals surface area (Å²) < 4.78 is 0. The van der Waals surface area contributed by atoms with Gasteiger partial charge in [0, 0.05) is 18.0 Å². The van der Waals surface area contributed by atoms with Gasteiger partial charge in [0.1, 0.15) is 5.84 Å². The summed E-state index contributed by atoms with van der Waals surface area (Å²) in [5, 5.41) is 23.0. The van der Waals surface area contributed by atoms with Gasteiger partial charge in [-0.25, -0.2) is 0 Å². The molecule has 0 radical (unpaired) electrons. The molecule has 0 amide bonds. The Morgan fingerprint density at radius 1 is 1.73 bits per heavy atom. The topological polar surface area (TPSA) is 96.9 Å². The van der Waals surface area contributed by atoms with Gasteiger partial charge in [-0.3, -0.25) is 10.7 Å². The highest BCUT2D eigenvalue weighted by atomic mass is 16.8. The first-order chi connectivity index (χ1) is 7.08. The van der Waals surface area contributed by atoms with Crippen LogP contribution in [0.3, 0.4) is 0 Å². The molecule has 2 aliphatic rings. The number of nitrogens with zero attached hydrogens (tertiary/aromatic N) is 2. The molecule has 2 rings (SSSR count). The molecule has 0 fully saturated rings. The highest BCUT2D eigenvalue weighted by Crippen LogP contribution is 2.26. The van der Waals surface area contributed by atoms with Gasteiger partial charge in [-0.05, 0) is 11.6 Å². The number of amidine groups is 1. The van der Waals surface area contributed by atoms with Gasteiger partial charge in [-0.1, -0.05) is 13.0 Å². The quantitative estimate of drug-likeness (QED) is 0.553. The lowest BCUT2D eigenvalue weighted by molar-refractivity contribution is -0.0307. The standard InChI is InChI=1S/C9H13N4O2/c1-5-2-6(4-13(14)15)3-7-8(5)11-12-9(7)10/h2-3,5,8,11,14H,4H2,1H3,(H2,10,12)/q-1. The fourth-order valence-corrected chi connectivity index (χ4v) is 1.93. The molecule has 0 saturated heterocycles. The number of nitrogens with one attached hydrogen (secondary N) is 1. The van der Waals surface area contributed by atoms with Crippen molar-refractivity contribution in [1.82, 2.24) is 10.7 Å². The second-order valence-corrected chi connectivity index (χ2v) is 3.81. The summed E-state index contributed by atoms with van der Waals surface area (Å²) in [7, 11) is 0. The Morgan fingerprint density at radius 2 is 2.47 bits per heavy atom. The fourth-order valence-electron chi connectivity index (χ4n) is 1.93. The van der Waals surface area contributed by atoms with E-state index in [0.29, 0.717) is 5.84 Å². The molecule has 0 aromatic carbocycles. The van der Waals surface area contributed by atoms with Crippen molar-refractivity contribution in [1.29, 1.82) is 0 Å². The third-order valence-electron chi connectivity index (χ3n) is 2.62. The summed E-state index contributed by atoms with van der Waals surface area (Å²) in [6.07, 6.45) is 3.72. The first-order valence-corrected chi connectivity index (χ1v) is 4.73. The van der Waals surface area contributed by atoms with E-state index in [1.807, 2.05) is 13.0 Å². The Labute approximate surface area is 87.3 Å². The van der Waals surface area contributed by atoms with Crippen LogP contribution in [0, 0.1) is 11.1 Å². The second kappa shape index (κ2) is 3.65. The zero-order chi connectivity index (χ0) is 11.0. The maximum atomic E-state index is 10.5. The average Bonchev–Trinajstić information content (AvgIpc) is 2.47. The van der Waals surface area contributed by atoms with E-state index >= 15 is 0 Å². The summed E-state index contributed by atoms with van der Waals surface area (Å²) in [5.74, 6) is 0.651. The zero-order valence-electron chi connectivity index (χ0n) is 8.34. The molecule has 82 valence electrons. The Bertz CT molecular complexity index is 359. The van der Waals surface area contributed by atoms with Gasteiger partial charge < -0.3 is 16.1 Å².